The Bertz CT molecular complexity index is 914. The van der Waals surface area contributed by atoms with E-state index in [-0.39, 0.29) is 24.4 Å². The third-order valence-corrected chi connectivity index (χ3v) is 8.09. The van der Waals surface area contributed by atoms with Crippen LogP contribution >= 0.6 is 11.6 Å². The van der Waals surface area contributed by atoms with E-state index < -0.39 is 17.4 Å². The van der Waals surface area contributed by atoms with Crippen LogP contribution in [-0.2, 0) is 20.9 Å². The smallest absolute Gasteiger partial charge is 0.245 e. The molecule has 8 nitrogen and oxygen atoms in total. The molecule has 1 aromatic rings. The standard InChI is InChI=1S/C28H43ClN4O4/c1-28(2,3)25(30-26(35)22(17-33(37)19-34)15-20-7-5-6-8-20)27(36)32-14-13-24(18-32)31(4)16-21-9-11-23(29)12-10-21/h9-12,19-20,22,24-25,37H,5-8,13-18H2,1-4H3,(H,30,35)/t22-,24-,25-/m1/s1. The fourth-order valence-corrected chi connectivity index (χ4v) is 5.71. The molecule has 3 rings (SSSR count). The van der Waals surface area contributed by atoms with Crippen molar-refractivity contribution in [1.29, 1.82) is 0 Å². The van der Waals surface area contributed by atoms with Crippen molar-refractivity contribution >= 4 is 29.8 Å². The second kappa shape index (κ2) is 13.1. The van der Waals surface area contributed by atoms with Gasteiger partial charge in [0.05, 0.1) is 12.5 Å². The molecule has 0 unspecified atom stereocenters. The molecule has 3 amide bonds. The van der Waals surface area contributed by atoms with Gasteiger partial charge in [-0.25, -0.2) is 5.06 Å². The molecule has 1 saturated heterocycles. The highest BCUT2D eigenvalue weighted by molar-refractivity contribution is 6.30. The lowest BCUT2D eigenvalue weighted by molar-refractivity contribution is -0.155. The number of amides is 3. The molecule has 2 fully saturated rings. The first-order valence-electron chi connectivity index (χ1n) is 13.4. The monoisotopic (exact) mass is 534 g/mol. The molecular weight excluding hydrogens is 492 g/mol. The molecule has 2 N–H and O–H groups in total. The van der Waals surface area contributed by atoms with Gasteiger partial charge in [-0.3, -0.25) is 24.5 Å². The Kier molecular flexibility index (Phi) is 10.4. The highest BCUT2D eigenvalue weighted by atomic mass is 35.5. The zero-order valence-electron chi connectivity index (χ0n) is 22.7. The summed E-state index contributed by atoms with van der Waals surface area (Å²) in [5.74, 6) is -0.529. The zero-order chi connectivity index (χ0) is 27.2. The van der Waals surface area contributed by atoms with Gasteiger partial charge in [0, 0.05) is 30.7 Å². The van der Waals surface area contributed by atoms with Gasteiger partial charge >= 0.3 is 0 Å². The molecule has 37 heavy (non-hydrogen) atoms. The quantitative estimate of drug-likeness (QED) is 0.255. The maximum Gasteiger partial charge on any atom is 0.245 e. The zero-order valence-corrected chi connectivity index (χ0v) is 23.4. The highest BCUT2D eigenvalue weighted by Gasteiger charge is 2.40. The Labute approximate surface area is 226 Å². The van der Waals surface area contributed by atoms with Crippen LogP contribution < -0.4 is 5.32 Å². The van der Waals surface area contributed by atoms with Crippen LogP contribution in [0.4, 0.5) is 0 Å². The number of likely N-dealkylation sites (N-methyl/N-ethyl adjacent to an activating group) is 1. The van der Waals surface area contributed by atoms with Gasteiger partial charge in [0.15, 0.2) is 0 Å². The lowest BCUT2D eigenvalue weighted by Crippen LogP contribution is -2.56. The normalized spacial score (nSPS) is 20.2. The van der Waals surface area contributed by atoms with E-state index in [1.54, 1.807) is 0 Å². The van der Waals surface area contributed by atoms with Crippen molar-refractivity contribution in [3.05, 3.63) is 34.9 Å². The summed E-state index contributed by atoms with van der Waals surface area (Å²) >= 11 is 6.01. The van der Waals surface area contributed by atoms with Crippen LogP contribution in [-0.4, -0.2) is 77.1 Å². The number of carbonyl (C=O) groups is 3. The lowest BCUT2D eigenvalue weighted by atomic mass is 9.84. The largest absolute Gasteiger partial charge is 0.344 e. The number of benzene rings is 1. The number of hydrogen-bond donors (Lipinski definition) is 2. The van der Waals surface area contributed by atoms with Crippen molar-refractivity contribution < 1.29 is 19.6 Å². The van der Waals surface area contributed by atoms with E-state index in [4.69, 9.17) is 11.6 Å². The average molecular weight is 535 g/mol. The third-order valence-electron chi connectivity index (χ3n) is 7.84. The van der Waals surface area contributed by atoms with Gasteiger partial charge in [-0.15, -0.1) is 0 Å². The van der Waals surface area contributed by atoms with Gasteiger partial charge in [-0.1, -0.05) is 70.2 Å². The minimum absolute atomic E-state index is 0.0713. The van der Waals surface area contributed by atoms with E-state index in [0.717, 1.165) is 44.2 Å². The molecule has 0 bridgehead atoms. The van der Waals surface area contributed by atoms with E-state index in [1.807, 2.05) is 49.9 Å². The molecule has 1 aliphatic heterocycles. The van der Waals surface area contributed by atoms with Crippen molar-refractivity contribution in [2.75, 3.05) is 26.7 Å². The summed E-state index contributed by atoms with van der Waals surface area (Å²) < 4.78 is 0. The maximum atomic E-state index is 13.7. The summed E-state index contributed by atoms with van der Waals surface area (Å²) in [6.45, 7) is 7.78. The summed E-state index contributed by atoms with van der Waals surface area (Å²) in [6.07, 6.45) is 6.18. The molecule has 1 saturated carbocycles. The number of likely N-dealkylation sites (tertiary alicyclic amines) is 1. The molecule has 1 heterocycles. The van der Waals surface area contributed by atoms with E-state index in [2.05, 4.69) is 17.3 Å². The number of hydrogen-bond acceptors (Lipinski definition) is 5. The fraction of sp³-hybridized carbons (Fsp3) is 0.679. The van der Waals surface area contributed by atoms with Gasteiger partial charge in [-0.2, -0.15) is 0 Å². The first-order chi connectivity index (χ1) is 17.5. The van der Waals surface area contributed by atoms with Crippen LogP contribution in [0, 0.1) is 17.3 Å². The molecule has 206 valence electrons. The molecule has 0 radical (unpaired) electrons. The molecular formula is C28H43ClN4O4. The minimum atomic E-state index is -0.699. The molecule has 3 atom stereocenters. The Morgan fingerprint density at radius 1 is 1.19 bits per heavy atom. The SMILES string of the molecule is CN(Cc1ccc(Cl)cc1)[C@@H]1CCN(C(=O)[C@@H](NC(=O)[C@H](CC2CCCC2)CN(O)C=O)C(C)(C)C)C1. The third kappa shape index (κ3) is 8.42. The molecule has 1 aliphatic carbocycles. The predicted molar refractivity (Wildman–Crippen MR) is 144 cm³/mol. The molecule has 0 aromatic heterocycles. The molecule has 2 aliphatic rings. The van der Waals surface area contributed by atoms with E-state index in [1.165, 1.54) is 0 Å². The number of hydroxylamine groups is 2. The number of carbonyl (C=O) groups excluding carboxylic acids is 3. The van der Waals surface area contributed by atoms with Crippen molar-refractivity contribution in [2.45, 2.75) is 77.9 Å². The maximum absolute atomic E-state index is 13.7. The average Bonchev–Trinajstić information content (AvgIpc) is 3.54. The Morgan fingerprint density at radius 3 is 2.43 bits per heavy atom. The van der Waals surface area contributed by atoms with E-state index in [9.17, 15) is 19.6 Å². The highest BCUT2D eigenvalue weighted by Crippen LogP contribution is 2.31. The fourth-order valence-electron chi connectivity index (χ4n) is 5.58. The number of nitrogens with one attached hydrogen (secondary N) is 1. The molecule has 1 aromatic carbocycles. The summed E-state index contributed by atoms with van der Waals surface area (Å²) in [5.41, 5.74) is 0.666. The van der Waals surface area contributed by atoms with Crippen LogP contribution in [0.5, 0.6) is 0 Å². The Morgan fingerprint density at radius 2 is 1.84 bits per heavy atom. The van der Waals surface area contributed by atoms with Gasteiger partial charge < -0.3 is 10.2 Å². The Hall–Kier alpha value is -2.16. The summed E-state index contributed by atoms with van der Waals surface area (Å²) in [6, 6.07) is 7.33. The number of nitrogens with zero attached hydrogens (tertiary/aromatic N) is 3. The summed E-state index contributed by atoms with van der Waals surface area (Å²) in [5, 5.41) is 14.1. The van der Waals surface area contributed by atoms with E-state index in [0.29, 0.717) is 41.9 Å². The molecule has 0 spiro atoms. The summed E-state index contributed by atoms with van der Waals surface area (Å²) in [7, 11) is 2.07. The molecule has 9 heteroatoms. The van der Waals surface area contributed by atoms with E-state index >= 15 is 0 Å². The van der Waals surface area contributed by atoms with Crippen molar-refractivity contribution in [3.8, 4) is 0 Å². The van der Waals surface area contributed by atoms with Crippen molar-refractivity contribution in [3.63, 3.8) is 0 Å². The van der Waals surface area contributed by atoms with Crippen LogP contribution in [0.15, 0.2) is 24.3 Å². The van der Waals surface area contributed by atoms with Crippen LogP contribution in [0.3, 0.4) is 0 Å². The van der Waals surface area contributed by atoms with Gasteiger partial charge in [0.1, 0.15) is 6.04 Å². The second-order valence-electron chi connectivity index (χ2n) is 11.9. The van der Waals surface area contributed by atoms with Crippen LogP contribution in [0.25, 0.3) is 0 Å². The summed E-state index contributed by atoms with van der Waals surface area (Å²) in [4.78, 5) is 42.3. The van der Waals surface area contributed by atoms with Gasteiger partial charge in [0.25, 0.3) is 0 Å². The first-order valence-corrected chi connectivity index (χ1v) is 13.8. The Balaban J connectivity index is 1.64. The minimum Gasteiger partial charge on any atom is -0.344 e. The predicted octanol–water partition coefficient (Wildman–Crippen LogP) is 3.95. The van der Waals surface area contributed by atoms with Gasteiger partial charge in [-0.05, 0) is 48.9 Å². The van der Waals surface area contributed by atoms with Gasteiger partial charge in [0.2, 0.25) is 18.2 Å². The second-order valence-corrected chi connectivity index (χ2v) is 12.3. The lowest BCUT2D eigenvalue weighted by Gasteiger charge is -2.35. The van der Waals surface area contributed by atoms with Crippen molar-refractivity contribution in [1.82, 2.24) is 20.2 Å². The van der Waals surface area contributed by atoms with Crippen LogP contribution in [0.2, 0.25) is 5.02 Å². The number of rotatable bonds is 11. The van der Waals surface area contributed by atoms with Crippen LogP contribution in [0.1, 0.15) is 64.9 Å². The number of halogens is 1. The van der Waals surface area contributed by atoms with Crippen molar-refractivity contribution in [2.24, 2.45) is 17.3 Å². The first kappa shape index (κ1) is 29.4. The topological polar surface area (TPSA) is 93.2 Å².